The van der Waals surface area contributed by atoms with Crippen molar-refractivity contribution in [3.8, 4) is 0 Å². The van der Waals surface area contributed by atoms with E-state index in [1.54, 1.807) is 0 Å². The molecule has 1 amide bonds. The Kier molecular flexibility index (Phi) is 5.40. The number of piperidine rings is 1. The minimum absolute atomic E-state index is 0.157. The highest BCUT2D eigenvalue weighted by Crippen LogP contribution is 2.21. The molecule has 1 aliphatic rings. The van der Waals surface area contributed by atoms with Crippen LogP contribution in [0, 0.1) is 5.41 Å². The maximum absolute atomic E-state index is 12.3. The molecule has 0 aliphatic carbocycles. The molecule has 2 N–H and O–H groups in total. The summed E-state index contributed by atoms with van der Waals surface area (Å²) in [5, 5.41) is 0. The predicted molar refractivity (Wildman–Crippen MR) is 68.7 cm³/mol. The van der Waals surface area contributed by atoms with E-state index < -0.39 is 5.41 Å². The maximum atomic E-state index is 12.3. The summed E-state index contributed by atoms with van der Waals surface area (Å²) in [6.07, 6.45) is 3.33. The number of nitrogens with two attached hydrogens (primary N) is 1. The molecule has 0 spiro atoms. The molecule has 1 aliphatic heterocycles. The Hall–Kier alpha value is -0.610. The number of hydrogen-bond donors (Lipinski definition) is 1. The molecular formula is C13H26N2O2. The van der Waals surface area contributed by atoms with E-state index in [4.69, 9.17) is 10.5 Å². The first-order valence-corrected chi connectivity index (χ1v) is 6.62. The number of hydrogen-bond acceptors (Lipinski definition) is 3. The quantitative estimate of drug-likeness (QED) is 0.792. The largest absolute Gasteiger partial charge is 0.376 e. The van der Waals surface area contributed by atoms with E-state index in [2.05, 4.69) is 6.92 Å². The fourth-order valence-corrected chi connectivity index (χ4v) is 2.06. The molecule has 1 unspecified atom stereocenters. The minimum atomic E-state index is -0.452. The highest BCUT2D eigenvalue weighted by molar-refractivity contribution is 5.82. The van der Waals surface area contributed by atoms with Crippen LogP contribution < -0.4 is 5.73 Å². The van der Waals surface area contributed by atoms with Crippen molar-refractivity contribution in [3.63, 3.8) is 0 Å². The van der Waals surface area contributed by atoms with Crippen molar-refractivity contribution in [1.82, 2.24) is 4.90 Å². The molecule has 100 valence electrons. The lowest BCUT2D eigenvalue weighted by atomic mass is 9.90. The molecule has 0 bridgehead atoms. The van der Waals surface area contributed by atoms with Crippen LogP contribution in [0.4, 0.5) is 0 Å². The number of likely N-dealkylation sites (tertiary alicyclic amines) is 1. The van der Waals surface area contributed by atoms with Gasteiger partial charge in [0.1, 0.15) is 0 Å². The van der Waals surface area contributed by atoms with Crippen LogP contribution in [0.1, 0.15) is 40.0 Å². The van der Waals surface area contributed by atoms with Crippen LogP contribution in [0.15, 0.2) is 0 Å². The first-order chi connectivity index (χ1) is 8.01. The summed E-state index contributed by atoms with van der Waals surface area (Å²) in [6.45, 7) is 8.66. The lowest BCUT2D eigenvalue weighted by Crippen LogP contribution is -2.50. The van der Waals surface area contributed by atoms with Crippen LogP contribution in [0.3, 0.4) is 0 Å². The van der Waals surface area contributed by atoms with E-state index in [9.17, 15) is 4.79 Å². The van der Waals surface area contributed by atoms with Crippen LogP contribution >= 0.6 is 0 Å². The van der Waals surface area contributed by atoms with E-state index in [0.29, 0.717) is 6.54 Å². The highest BCUT2D eigenvalue weighted by atomic mass is 16.5. The number of amides is 1. The van der Waals surface area contributed by atoms with E-state index in [0.717, 1.165) is 39.0 Å². The maximum Gasteiger partial charge on any atom is 0.229 e. The van der Waals surface area contributed by atoms with Crippen molar-refractivity contribution in [1.29, 1.82) is 0 Å². The van der Waals surface area contributed by atoms with Crippen molar-refractivity contribution in [2.24, 2.45) is 11.1 Å². The van der Waals surface area contributed by atoms with Gasteiger partial charge in [0.05, 0.1) is 11.5 Å². The van der Waals surface area contributed by atoms with Crippen molar-refractivity contribution in [2.75, 3.05) is 26.2 Å². The first kappa shape index (κ1) is 14.5. The summed E-state index contributed by atoms with van der Waals surface area (Å²) in [5.74, 6) is 0.157. The van der Waals surface area contributed by atoms with Gasteiger partial charge in [0.15, 0.2) is 0 Å². The zero-order chi connectivity index (χ0) is 12.9. The summed E-state index contributed by atoms with van der Waals surface area (Å²) in [6, 6.07) is 0. The Morgan fingerprint density at radius 1 is 1.53 bits per heavy atom. The summed E-state index contributed by atoms with van der Waals surface area (Å²) in [4.78, 5) is 14.2. The van der Waals surface area contributed by atoms with Crippen LogP contribution in [-0.4, -0.2) is 43.2 Å². The average molecular weight is 242 g/mol. The van der Waals surface area contributed by atoms with Gasteiger partial charge in [-0.15, -0.1) is 0 Å². The number of ether oxygens (including phenoxy) is 1. The molecule has 0 radical (unpaired) electrons. The lowest BCUT2D eigenvalue weighted by molar-refractivity contribution is -0.144. The molecule has 1 fully saturated rings. The molecule has 0 aromatic rings. The lowest BCUT2D eigenvalue weighted by Gasteiger charge is -2.37. The number of carbonyl (C=O) groups is 1. The molecule has 1 atom stereocenters. The van der Waals surface area contributed by atoms with Gasteiger partial charge < -0.3 is 15.4 Å². The highest BCUT2D eigenvalue weighted by Gasteiger charge is 2.33. The van der Waals surface area contributed by atoms with Crippen molar-refractivity contribution < 1.29 is 9.53 Å². The van der Waals surface area contributed by atoms with Crippen LogP contribution in [0.25, 0.3) is 0 Å². The van der Waals surface area contributed by atoms with Gasteiger partial charge >= 0.3 is 0 Å². The number of nitrogens with zero attached hydrogens (tertiary/aromatic N) is 1. The van der Waals surface area contributed by atoms with E-state index in [1.165, 1.54) is 0 Å². The van der Waals surface area contributed by atoms with Gasteiger partial charge in [0.2, 0.25) is 5.91 Å². The normalized spacial score (nSPS) is 21.6. The third-order valence-corrected chi connectivity index (χ3v) is 3.31. The van der Waals surface area contributed by atoms with Crippen LogP contribution in [0.2, 0.25) is 0 Å². The van der Waals surface area contributed by atoms with Gasteiger partial charge in [-0.1, -0.05) is 6.92 Å². The standard InChI is InChI=1S/C13H26N2O2/c1-4-8-17-11-6-5-7-15(9-11)12(16)13(2,3)10-14/h11H,4-10,14H2,1-3H3. The fraction of sp³-hybridized carbons (Fsp3) is 0.923. The predicted octanol–water partition coefficient (Wildman–Crippen LogP) is 1.39. The second-order valence-corrected chi connectivity index (χ2v) is 5.47. The van der Waals surface area contributed by atoms with Gasteiger partial charge in [-0.3, -0.25) is 4.79 Å². The Morgan fingerprint density at radius 3 is 2.82 bits per heavy atom. The van der Waals surface area contributed by atoms with Gasteiger partial charge in [0.25, 0.3) is 0 Å². The van der Waals surface area contributed by atoms with E-state index in [1.807, 2.05) is 18.7 Å². The fourth-order valence-electron chi connectivity index (χ4n) is 2.06. The molecule has 4 nitrogen and oxygen atoms in total. The van der Waals surface area contributed by atoms with Gasteiger partial charge in [-0.2, -0.15) is 0 Å². The molecule has 0 saturated carbocycles. The van der Waals surface area contributed by atoms with Gasteiger partial charge in [-0.25, -0.2) is 0 Å². The first-order valence-electron chi connectivity index (χ1n) is 6.62. The molecule has 1 rings (SSSR count). The third kappa shape index (κ3) is 3.96. The summed E-state index contributed by atoms with van der Waals surface area (Å²) < 4.78 is 5.73. The topological polar surface area (TPSA) is 55.6 Å². The molecule has 4 heteroatoms. The Bertz CT molecular complexity index is 254. The molecule has 1 heterocycles. The zero-order valence-electron chi connectivity index (χ0n) is 11.4. The second kappa shape index (κ2) is 6.36. The van der Waals surface area contributed by atoms with Crippen molar-refractivity contribution in [3.05, 3.63) is 0 Å². The number of rotatable bonds is 5. The average Bonchev–Trinajstić information content (AvgIpc) is 2.35. The van der Waals surface area contributed by atoms with Gasteiger partial charge in [-0.05, 0) is 33.1 Å². The van der Waals surface area contributed by atoms with Crippen molar-refractivity contribution in [2.45, 2.75) is 46.1 Å². The number of carbonyl (C=O) groups excluding carboxylic acids is 1. The summed E-state index contributed by atoms with van der Waals surface area (Å²) in [5.41, 5.74) is 5.20. The van der Waals surface area contributed by atoms with E-state index >= 15 is 0 Å². The van der Waals surface area contributed by atoms with E-state index in [-0.39, 0.29) is 12.0 Å². The molecular weight excluding hydrogens is 216 g/mol. The Labute approximate surface area is 104 Å². The molecule has 0 aromatic heterocycles. The third-order valence-electron chi connectivity index (χ3n) is 3.31. The van der Waals surface area contributed by atoms with Crippen LogP contribution in [0.5, 0.6) is 0 Å². The van der Waals surface area contributed by atoms with Crippen molar-refractivity contribution >= 4 is 5.91 Å². The molecule has 17 heavy (non-hydrogen) atoms. The molecule has 1 saturated heterocycles. The Balaban J connectivity index is 2.51. The SMILES string of the molecule is CCCOC1CCCN(C(=O)C(C)(C)CN)C1. The summed E-state index contributed by atoms with van der Waals surface area (Å²) >= 11 is 0. The second-order valence-electron chi connectivity index (χ2n) is 5.47. The monoisotopic (exact) mass is 242 g/mol. The molecule has 0 aromatic carbocycles. The Morgan fingerprint density at radius 2 is 2.24 bits per heavy atom. The van der Waals surface area contributed by atoms with Gasteiger partial charge in [0, 0.05) is 26.2 Å². The minimum Gasteiger partial charge on any atom is -0.376 e. The summed E-state index contributed by atoms with van der Waals surface area (Å²) in [7, 11) is 0. The smallest absolute Gasteiger partial charge is 0.229 e. The van der Waals surface area contributed by atoms with Crippen LogP contribution in [-0.2, 0) is 9.53 Å². The zero-order valence-corrected chi connectivity index (χ0v) is 11.4.